The standard InChI is InChI=1S/C16H15N2O/c1-12-9-16(19)10-13(2)18(12)17-8-7-14-5-3-4-6-15(14)11-17/h3-11H,1-2H3/q+1. The van der Waals surface area contributed by atoms with E-state index in [1.54, 1.807) is 12.1 Å². The summed E-state index contributed by atoms with van der Waals surface area (Å²) in [7, 11) is 0. The van der Waals surface area contributed by atoms with Gasteiger partial charge in [0.05, 0.1) is 11.4 Å². The summed E-state index contributed by atoms with van der Waals surface area (Å²) < 4.78 is 4.03. The van der Waals surface area contributed by atoms with E-state index in [1.165, 1.54) is 10.8 Å². The summed E-state index contributed by atoms with van der Waals surface area (Å²) in [6, 6.07) is 13.6. The van der Waals surface area contributed by atoms with Crippen LogP contribution in [0, 0.1) is 13.8 Å². The lowest BCUT2D eigenvalue weighted by Gasteiger charge is -2.08. The molecule has 3 aromatic rings. The van der Waals surface area contributed by atoms with Gasteiger partial charge in [-0.3, -0.25) is 4.79 Å². The fourth-order valence-corrected chi connectivity index (χ4v) is 2.47. The molecule has 0 saturated heterocycles. The molecule has 0 aliphatic carbocycles. The van der Waals surface area contributed by atoms with Gasteiger partial charge in [0.25, 0.3) is 0 Å². The zero-order valence-electron chi connectivity index (χ0n) is 11.0. The minimum absolute atomic E-state index is 0.0487. The largest absolute Gasteiger partial charge is 0.290 e. The highest BCUT2D eigenvalue weighted by Crippen LogP contribution is 2.10. The van der Waals surface area contributed by atoms with Gasteiger partial charge in [0.2, 0.25) is 12.4 Å². The molecule has 0 unspecified atom stereocenters. The second-order valence-electron chi connectivity index (χ2n) is 4.74. The normalized spacial score (nSPS) is 10.8. The third-order valence-electron chi connectivity index (χ3n) is 3.28. The Bertz CT molecular complexity index is 792. The maximum atomic E-state index is 11.5. The average molecular weight is 251 g/mol. The first kappa shape index (κ1) is 11.7. The van der Waals surface area contributed by atoms with Crippen molar-refractivity contribution in [3.05, 3.63) is 76.5 Å². The number of pyridine rings is 2. The second-order valence-corrected chi connectivity index (χ2v) is 4.74. The highest BCUT2D eigenvalue weighted by atomic mass is 16.1. The Labute approximate surface area is 111 Å². The van der Waals surface area contributed by atoms with Crippen LogP contribution < -0.4 is 10.1 Å². The zero-order valence-corrected chi connectivity index (χ0v) is 11.0. The predicted octanol–water partition coefficient (Wildman–Crippen LogP) is 2.22. The van der Waals surface area contributed by atoms with E-state index in [0.29, 0.717) is 0 Å². The van der Waals surface area contributed by atoms with E-state index in [0.717, 1.165) is 11.4 Å². The molecule has 0 radical (unpaired) electrons. The predicted molar refractivity (Wildman–Crippen MR) is 75.1 cm³/mol. The number of nitrogens with zero attached hydrogens (tertiary/aromatic N) is 2. The molecule has 1 aromatic carbocycles. The number of hydrogen-bond donors (Lipinski definition) is 0. The Morgan fingerprint density at radius 2 is 1.58 bits per heavy atom. The summed E-state index contributed by atoms with van der Waals surface area (Å²) in [6.07, 6.45) is 4.08. The van der Waals surface area contributed by atoms with Crippen molar-refractivity contribution in [1.29, 1.82) is 0 Å². The van der Waals surface area contributed by atoms with Gasteiger partial charge < -0.3 is 0 Å². The molecule has 3 nitrogen and oxygen atoms in total. The summed E-state index contributed by atoms with van der Waals surface area (Å²) in [5.41, 5.74) is 1.89. The molecule has 0 aliphatic heterocycles. The lowest BCUT2D eigenvalue weighted by Crippen LogP contribution is -2.44. The molecule has 0 N–H and O–H groups in total. The molecule has 94 valence electrons. The molecule has 2 heterocycles. The molecule has 3 heteroatoms. The van der Waals surface area contributed by atoms with E-state index in [9.17, 15) is 4.79 Å². The van der Waals surface area contributed by atoms with Crippen LogP contribution in [0.4, 0.5) is 0 Å². The van der Waals surface area contributed by atoms with Crippen LogP contribution in [-0.4, -0.2) is 4.68 Å². The molecule has 0 fully saturated rings. The first-order valence-electron chi connectivity index (χ1n) is 6.26. The second kappa shape index (κ2) is 4.35. The number of rotatable bonds is 1. The van der Waals surface area contributed by atoms with E-state index in [1.807, 2.05) is 41.5 Å². The molecular formula is C16H15N2O+. The van der Waals surface area contributed by atoms with Gasteiger partial charge in [0, 0.05) is 23.6 Å². The number of aromatic nitrogens is 2. The van der Waals surface area contributed by atoms with Gasteiger partial charge in [0.1, 0.15) is 0 Å². The molecule has 3 rings (SSSR count). The average Bonchev–Trinajstić information content (AvgIpc) is 2.37. The van der Waals surface area contributed by atoms with Crippen LogP contribution in [-0.2, 0) is 0 Å². The van der Waals surface area contributed by atoms with Crippen molar-refractivity contribution in [2.75, 3.05) is 0 Å². The van der Waals surface area contributed by atoms with Crippen molar-refractivity contribution in [2.45, 2.75) is 13.8 Å². The van der Waals surface area contributed by atoms with Crippen molar-refractivity contribution in [3.63, 3.8) is 0 Å². The minimum Gasteiger partial charge on any atom is -0.290 e. The lowest BCUT2D eigenvalue weighted by atomic mass is 10.2. The van der Waals surface area contributed by atoms with Crippen LogP contribution in [0.5, 0.6) is 0 Å². The highest BCUT2D eigenvalue weighted by molar-refractivity contribution is 5.80. The van der Waals surface area contributed by atoms with Crippen LogP contribution in [0.1, 0.15) is 11.4 Å². The van der Waals surface area contributed by atoms with Gasteiger partial charge in [0.15, 0.2) is 5.43 Å². The van der Waals surface area contributed by atoms with Gasteiger partial charge in [-0.1, -0.05) is 22.9 Å². The number of hydrogen-bond acceptors (Lipinski definition) is 1. The maximum Gasteiger partial charge on any atom is 0.208 e. The summed E-state index contributed by atoms with van der Waals surface area (Å²) in [5, 5.41) is 2.37. The Hall–Kier alpha value is -2.42. The summed E-state index contributed by atoms with van der Waals surface area (Å²) in [5.74, 6) is 0. The Morgan fingerprint density at radius 3 is 2.26 bits per heavy atom. The van der Waals surface area contributed by atoms with Crippen molar-refractivity contribution in [2.24, 2.45) is 0 Å². The smallest absolute Gasteiger partial charge is 0.208 e. The Balaban J connectivity index is 2.27. The van der Waals surface area contributed by atoms with E-state index in [-0.39, 0.29) is 5.43 Å². The highest BCUT2D eigenvalue weighted by Gasteiger charge is 2.10. The van der Waals surface area contributed by atoms with E-state index < -0.39 is 0 Å². The molecule has 0 saturated carbocycles. The van der Waals surface area contributed by atoms with Gasteiger partial charge in [-0.05, 0) is 25.3 Å². The van der Waals surface area contributed by atoms with Gasteiger partial charge in [-0.25, -0.2) is 0 Å². The van der Waals surface area contributed by atoms with Crippen LogP contribution in [0.3, 0.4) is 0 Å². The third-order valence-corrected chi connectivity index (χ3v) is 3.28. The summed E-state index contributed by atoms with van der Waals surface area (Å²) in [4.78, 5) is 11.5. The first-order chi connectivity index (χ1) is 9.15. The van der Waals surface area contributed by atoms with Crippen LogP contribution in [0.25, 0.3) is 10.8 Å². The van der Waals surface area contributed by atoms with Crippen LogP contribution in [0.2, 0.25) is 0 Å². The molecule has 0 amide bonds. The Morgan fingerprint density at radius 1 is 0.947 bits per heavy atom. The number of fused-ring (bicyclic) bond motifs is 1. The SMILES string of the molecule is Cc1cc(=O)cc(C)n1-[n+]1ccc2ccccc2c1. The van der Waals surface area contributed by atoms with Crippen LogP contribution in [0.15, 0.2) is 59.7 Å². The lowest BCUT2D eigenvalue weighted by molar-refractivity contribution is -0.728. The topological polar surface area (TPSA) is 25.9 Å². The maximum absolute atomic E-state index is 11.5. The number of benzene rings is 1. The van der Waals surface area contributed by atoms with Crippen molar-refractivity contribution >= 4 is 10.8 Å². The van der Waals surface area contributed by atoms with E-state index in [2.05, 4.69) is 24.4 Å². The Kier molecular flexibility index (Phi) is 2.67. The van der Waals surface area contributed by atoms with Crippen molar-refractivity contribution in [1.82, 2.24) is 4.68 Å². The fourth-order valence-electron chi connectivity index (χ4n) is 2.47. The number of aryl methyl sites for hydroxylation is 2. The molecule has 2 aromatic heterocycles. The van der Waals surface area contributed by atoms with Crippen molar-refractivity contribution < 1.29 is 4.68 Å². The summed E-state index contributed by atoms with van der Waals surface area (Å²) >= 11 is 0. The van der Waals surface area contributed by atoms with Crippen molar-refractivity contribution in [3.8, 4) is 0 Å². The molecule has 19 heavy (non-hydrogen) atoms. The van der Waals surface area contributed by atoms with Gasteiger partial charge in [-0.2, -0.15) is 0 Å². The molecular weight excluding hydrogens is 236 g/mol. The summed E-state index contributed by atoms with van der Waals surface area (Å²) in [6.45, 7) is 3.88. The molecule has 0 spiro atoms. The molecule has 0 aliphatic rings. The minimum atomic E-state index is 0.0487. The first-order valence-corrected chi connectivity index (χ1v) is 6.26. The molecule has 0 bridgehead atoms. The van der Waals surface area contributed by atoms with E-state index in [4.69, 9.17) is 0 Å². The third kappa shape index (κ3) is 2.03. The monoisotopic (exact) mass is 251 g/mol. The van der Waals surface area contributed by atoms with E-state index >= 15 is 0 Å². The van der Waals surface area contributed by atoms with Gasteiger partial charge in [-0.15, -0.1) is 4.68 Å². The molecule has 0 atom stereocenters. The van der Waals surface area contributed by atoms with Crippen LogP contribution >= 0.6 is 0 Å². The van der Waals surface area contributed by atoms with Gasteiger partial charge >= 0.3 is 0 Å². The fraction of sp³-hybridized carbons (Fsp3) is 0.125. The quantitative estimate of drug-likeness (QED) is 0.609. The zero-order chi connectivity index (χ0) is 13.4.